The number of benzene rings is 2. The zero-order chi connectivity index (χ0) is 19.3. The molecule has 2 amide bonds. The van der Waals surface area contributed by atoms with Crippen LogP contribution in [0.5, 0.6) is 11.5 Å². The summed E-state index contributed by atoms with van der Waals surface area (Å²) >= 11 is 0. The maximum absolute atomic E-state index is 12.9. The van der Waals surface area contributed by atoms with E-state index in [1.165, 1.54) is 52.3 Å². The van der Waals surface area contributed by atoms with E-state index in [0.717, 1.165) is 0 Å². The molecule has 2 aromatic carbocycles. The van der Waals surface area contributed by atoms with Crippen molar-refractivity contribution in [1.29, 1.82) is 0 Å². The number of nitrogens with one attached hydrogen (secondary N) is 2. The summed E-state index contributed by atoms with van der Waals surface area (Å²) in [4.78, 5) is 25.0. The van der Waals surface area contributed by atoms with Gasteiger partial charge in [-0.2, -0.15) is 0 Å². The van der Waals surface area contributed by atoms with Crippen LogP contribution in [0.1, 0.15) is 13.8 Å². The highest BCUT2D eigenvalue weighted by Gasteiger charge is 2.36. The standard InChI is InChI=1S/C19H21FN2O4/c1-19(2,17(23)21-13-7-5-12(20)6-8-13)18(24)22-14-9-10-15(25-3)16(11-14)26-4/h5-11H,1-4H3,(H,21,23)(H,22,24). The fraction of sp³-hybridized carbons (Fsp3) is 0.263. The van der Waals surface area contributed by atoms with Gasteiger partial charge in [-0.3, -0.25) is 9.59 Å². The molecule has 6 nitrogen and oxygen atoms in total. The van der Waals surface area contributed by atoms with Gasteiger partial charge < -0.3 is 20.1 Å². The van der Waals surface area contributed by atoms with E-state index in [9.17, 15) is 14.0 Å². The van der Waals surface area contributed by atoms with Gasteiger partial charge in [-0.1, -0.05) is 0 Å². The molecule has 7 heteroatoms. The second-order valence-corrected chi connectivity index (χ2v) is 6.11. The summed E-state index contributed by atoms with van der Waals surface area (Å²) in [6.07, 6.45) is 0. The fourth-order valence-corrected chi connectivity index (χ4v) is 2.13. The molecule has 0 aliphatic heterocycles. The van der Waals surface area contributed by atoms with E-state index < -0.39 is 23.0 Å². The molecule has 0 aliphatic carbocycles. The molecule has 2 N–H and O–H groups in total. The molecule has 26 heavy (non-hydrogen) atoms. The van der Waals surface area contributed by atoms with Crippen molar-refractivity contribution in [3.05, 3.63) is 48.3 Å². The quantitative estimate of drug-likeness (QED) is 0.774. The monoisotopic (exact) mass is 360 g/mol. The van der Waals surface area contributed by atoms with Crippen LogP contribution in [0.2, 0.25) is 0 Å². The van der Waals surface area contributed by atoms with Gasteiger partial charge in [0.1, 0.15) is 11.2 Å². The van der Waals surface area contributed by atoms with Gasteiger partial charge in [0.15, 0.2) is 11.5 Å². The number of hydrogen-bond donors (Lipinski definition) is 2. The minimum atomic E-state index is -1.36. The lowest BCUT2D eigenvalue weighted by atomic mass is 9.90. The summed E-state index contributed by atoms with van der Waals surface area (Å²) in [5.41, 5.74) is -0.486. The summed E-state index contributed by atoms with van der Waals surface area (Å²) in [5, 5.41) is 5.29. The Morgan fingerprint density at radius 1 is 0.846 bits per heavy atom. The van der Waals surface area contributed by atoms with Crippen molar-refractivity contribution < 1.29 is 23.5 Å². The first-order valence-corrected chi connectivity index (χ1v) is 7.88. The summed E-state index contributed by atoms with van der Waals surface area (Å²) in [6, 6.07) is 10.2. The van der Waals surface area contributed by atoms with Crippen molar-refractivity contribution in [3.63, 3.8) is 0 Å². The Hall–Kier alpha value is -3.09. The topological polar surface area (TPSA) is 76.7 Å². The highest BCUT2D eigenvalue weighted by Crippen LogP contribution is 2.30. The third kappa shape index (κ3) is 4.30. The largest absolute Gasteiger partial charge is 0.493 e. The van der Waals surface area contributed by atoms with Crippen LogP contribution in [0.25, 0.3) is 0 Å². The number of rotatable bonds is 6. The molecule has 0 saturated heterocycles. The van der Waals surface area contributed by atoms with Gasteiger partial charge in [-0.25, -0.2) is 4.39 Å². The molecular weight excluding hydrogens is 339 g/mol. The van der Waals surface area contributed by atoms with Gasteiger partial charge in [0.25, 0.3) is 0 Å². The van der Waals surface area contributed by atoms with Crippen molar-refractivity contribution in [2.24, 2.45) is 5.41 Å². The zero-order valence-corrected chi connectivity index (χ0v) is 15.1. The molecule has 0 spiro atoms. The smallest absolute Gasteiger partial charge is 0.239 e. The van der Waals surface area contributed by atoms with Crippen molar-refractivity contribution in [2.45, 2.75) is 13.8 Å². The van der Waals surface area contributed by atoms with Crippen LogP contribution in [0.3, 0.4) is 0 Å². The molecule has 2 rings (SSSR count). The van der Waals surface area contributed by atoms with Crippen molar-refractivity contribution >= 4 is 23.2 Å². The third-order valence-electron chi connectivity index (χ3n) is 3.88. The highest BCUT2D eigenvalue weighted by molar-refractivity contribution is 6.14. The molecule has 0 aromatic heterocycles. The van der Waals surface area contributed by atoms with Crippen LogP contribution in [-0.2, 0) is 9.59 Å². The zero-order valence-electron chi connectivity index (χ0n) is 15.1. The normalized spacial score (nSPS) is 10.8. The lowest BCUT2D eigenvalue weighted by molar-refractivity contribution is -0.135. The van der Waals surface area contributed by atoms with Gasteiger partial charge >= 0.3 is 0 Å². The summed E-state index contributed by atoms with van der Waals surface area (Å²) in [5.74, 6) is -0.433. The van der Waals surface area contributed by atoms with Gasteiger partial charge in [-0.15, -0.1) is 0 Å². The maximum Gasteiger partial charge on any atom is 0.239 e. The van der Waals surface area contributed by atoms with Crippen LogP contribution in [-0.4, -0.2) is 26.0 Å². The average Bonchev–Trinajstić information content (AvgIpc) is 2.63. The summed E-state index contributed by atoms with van der Waals surface area (Å²) in [7, 11) is 3.00. The number of ether oxygens (including phenoxy) is 2. The maximum atomic E-state index is 12.9. The van der Waals surface area contributed by atoms with E-state index in [1.54, 1.807) is 18.2 Å². The van der Waals surface area contributed by atoms with E-state index in [2.05, 4.69) is 10.6 Å². The molecule has 0 radical (unpaired) electrons. The van der Waals surface area contributed by atoms with Crippen molar-refractivity contribution in [1.82, 2.24) is 0 Å². The molecule has 0 heterocycles. The Morgan fingerprint density at radius 3 is 1.88 bits per heavy atom. The molecule has 0 fully saturated rings. The Labute approximate surface area is 151 Å². The molecule has 0 aliphatic rings. The first-order chi connectivity index (χ1) is 12.3. The number of amides is 2. The second-order valence-electron chi connectivity index (χ2n) is 6.11. The lowest BCUT2D eigenvalue weighted by Gasteiger charge is -2.23. The van der Waals surface area contributed by atoms with E-state index >= 15 is 0 Å². The van der Waals surface area contributed by atoms with Crippen LogP contribution < -0.4 is 20.1 Å². The predicted octanol–water partition coefficient (Wildman–Crippen LogP) is 3.45. The third-order valence-corrected chi connectivity index (χ3v) is 3.88. The van der Waals surface area contributed by atoms with Crippen LogP contribution in [0.4, 0.5) is 15.8 Å². The number of carbonyl (C=O) groups is 2. The van der Waals surface area contributed by atoms with Gasteiger partial charge in [0.05, 0.1) is 14.2 Å². The summed E-state index contributed by atoms with van der Waals surface area (Å²) < 4.78 is 23.3. The van der Waals surface area contributed by atoms with Gasteiger partial charge in [0, 0.05) is 17.4 Å². The van der Waals surface area contributed by atoms with E-state index in [-0.39, 0.29) is 0 Å². The Bertz CT molecular complexity index is 804. The van der Waals surface area contributed by atoms with E-state index in [1.807, 2.05) is 0 Å². The van der Waals surface area contributed by atoms with Crippen molar-refractivity contribution in [2.75, 3.05) is 24.9 Å². The second kappa shape index (κ2) is 7.86. The average molecular weight is 360 g/mol. The number of anilines is 2. The number of carbonyl (C=O) groups excluding carboxylic acids is 2. The minimum absolute atomic E-state index is 0.406. The SMILES string of the molecule is COc1ccc(NC(=O)C(C)(C)C(=O)Nc2ccc(F)cc2)cc1OC. The lowest BCUT2D eigenvalue weighted by Crippen LogP contribution is -2.41. The molecular formula is C19H21FN2O4. The first kappa shape index (κ1) is 19.2. The number of halogens is 1. The summed E-state index contributed by atoms with van der Waals surface area (Å²) in [6.45, 7) is 3.00. The Morgan fingerprint density at radius 2 is 1.35 bits per heavy atom. The van der Waals surface area contributed by atoms with Crippen LogP contribution in [0, 0.1) is 11.2 Å². The van der Waals surface area contributed by atoms with E-state index in [0.29, 0.717) is 22.9 Å². The first-order valence-electron chi connectivity index (χ1n) is 7.88. The molecule has 0 bridgehead atoms. The van der Waals surface area contributed by atoms with Gasteiger partial charge in [0.2, 0.25) is 11.8 Å². The minimum Gasteiger partial charge on any atom is -0.493 e. The van der Waals surface area contributed by atoms with E-state index in [4.69, 9.17) is 9.47 Å². The molecule has 138 valence electrons. The Kier molecular flexibility index (Phi) is 5.82. The van der Waals surface area contributed by atoms with Crippen LogP contribution >= 0.6 is 0 Å². The molecule has 2 aromatic rings. The number of methoxy groups -OCH3 is 2. The van der Waals surface area contributed by atoms with Crippen molar-refractivity contribution in [3.8, 4) is 11.5 Å². The fourth-order valence-electron chi connectivity index (χ4n) is 2.13. The molecule has 0 saturated carbocycles. The van der Waals surface area contributed by atoms with Gasteiger partial charge in [-0.05, 0) is 50.2 Å². The molecule has 0 unspecified atom stereocenters. The highest BCUT2D eigenvalue weighted by atomic mass is 19.1. The predicted molar refractivity (Wildman–Crippen MR) is 97.0 cm³/mol. The molecule has 0 atom stereocenters. The van der Waals surface area contributed by atoms with Crippen LogP contribution in [0.15, 0.2) is 42.5 Å². The number of hydrogen-bond acceptors (Lipinski definition) is 4. The Balaban J connectivity index is 2.11.